The van der Waals surface area contributed by atoms with E-state index >= 15 is 0 Å². The molecule has 1 aliphatic heterocycles. The van der Waals surface area contributed by atoms with Crippen molar-refractivity contribution in [2.75, 3.05) is 11.9 Å². The highest BCUT2D eigenvalue weighted by atomic mass is 16.1. The van der Waals surface area contributed by atoms with E-state index in [1.54, 1.807) is 0 Å². The Morgan fingerprint density at radius 1 is 1.24 bits per heavy atom. The van der Waals surface area contributed by atoms with Gasteiger partial charge < -0.3 is 10.6 Å². The zero-order valence-electron chi connectivity index (χ0n) is 13.0. The fraction of sp³-hybridized carbons (Fsp3) is 0.611. The molecule has 0 aromatic heterocycles. The summed E-state index contributed by atoms with van der Waals surface area (Å²) in [6.45, 7) is 3.00. The maximum atomic E-state index is 12.6. The molecule has 114 valence electrons. The molecule has 0 spiro atoms. The van der Waals surface area contributed by atoms with Crippen LogP contribution in [-0.2, 0) is 6.42 Å². The van der Waals surface area contributed by atoms with Crippen LogP contribution in [0.3, 0.4) is 0 Å². The monoisotopic (exact) mass is 286 g/mol. The molecule has 1 aromatic carbocycles. The van der Waals surface area contributed by atoms with Gasteiger partial charge in [0.1, 0.15) is 0 Å². The number of ketones is 1. The van der Waals surface area contributed by atoms with E-state index in [1.165, 1.54) is 49.8 Å². The molecule has 0 saturated heterocycles. The van der Waals surface area contributed by atoms with Crippen molar-refractivity contribution in [1.29, 1.82) is 0 Å². The van der Waals surface area contributed by atoms with Crippen LogP contribution in [0.15, 0.2) is 18.2 Å². The summed E-state index contributed by atoms with van der Waals surface area (Å²) in [5.41, 5.74) is 3.32. The summed E-state index contributed by atoms with van der Waals surface area (Å²) < 4.78 is 0. The summed E-state index contributed by atoms with van der Waals surface area (Å²) in [5, 5.41) is 6.90. The first-order chi connectivity index (χ1) is 10.2. The highest BCUT2D eigenvalue weighted by Gasteiger charge is 2.21. The van der Waals surface area contributed by atoms with E-state index in [0.717, 1.165) is 18.5 Å². The Morgan fingerprint density at radius 3 is 2.76 bits per heavy atom. The van der Waals surface area contributed by atoms with Gasteiger partial charge in [-0.25, -0.2) is 0 Å². The maximum Gasteiger partial charge on any atom is 0.179 e. The molecule has 2 N–H and O–H groups in total. The van der Waals surface area contributed by atoms with E-state index in [4.69, 9.17) is 0 Å². The van der Waals surface area contributed by atoms with E-state index in [0.29, 0.717) is 6.04 Å². The van der Waals surface area contributed by atoms with Crippen molar-refractivity contribution in [3.63, 3.8) is 0 Å². The number of carbonyl (C=O) groups excluding carboxylic acids is 1. The van der Waals surface area contributed by atoms with Crippen molar-refractivity contribution in [2.45, 2.75) is 64.0 Å². The van der Waals surface area contributed by atoms with Crippen LogP contribution in [0.25, 0.3) is 0 Å². The standard InChI is InChI=1S/C18H26N2O/c1-13(20-16-6-4-2-3-5-7-16)18(21)15-8-9-17-14(12-15)10-11-19-17/h8-9,12-13,16,19-20H,2-7,10-11H2,1H3. The van der Waals surface area contributed by atoms with Gasteiger partial charge in [-0.15, -0.1) is 0 Å². The first kappa shape index (κ1) is 14.6. The number of Topliss-reactive ketones (excluding diaryl/α,β-unsaturated/α-hetero) is 1. The molecule has 0 amide bonds. The fourth-order valence-corrected chi connectivity index (χ4v) is 3.58. The third-order valence-electron chi connectivity index (χ3n) is 4.83. The topological polar surface area (TPSA) is 41.1 Å². The summed E-state index contributed by atoms with van der Waals surface area (Å²) in [5.74, 6) is 0.231. The third-order valence-corrected chi connectivity index (χ3v) is 4.83. The average molecular weight is 286 g/mol. The molecule has 3 rings (SSSR count). The zero-order chi connectivity index (χ0) is 14.7. The summed E-state index contributed by atoms with van der Waals surface area (Å²) in [4.78, 5) is 12.6. The van der Waals surface area contributed by atoms with Crippen LogP contribution in [0.4, 0.5) is 5.69 Å². The van der Waals surface area contributed by atoms with E-state index < -0.39 is 0 Å². The molecular weight excluding hydrogens is 260 g/mol. The van der Waals surface area contributed by atoms with Crippen molar-refractivity contribution in [2.24, 2.45) is 0 Å². The minimum Gasteiger partial charge on any atom is -0.384 e. The van der Waals surface area contributed by atoms with Crippen LogP contribution in [-0.4, -0.2) is 24.4 Å². The summed E-state index contributed by atoms with van der Waals surface area (Å²) >= 11 is 0. The molecule has 3 heteroatoms. The molecule has 1 fully saturated rings. The van der Waals surface area contributed by atoms with Crippen molar-refractivity contribution >= 4 is 11.5 Å². The number of hydrogen-bond acceptors (Lipinski definition) is 3. The fourth-order valence-electron chi connectivity index (χ4n) is 3.58. The van der Waals surface area contributed by atoms with Crippen LogP contribution in [0.2, 0.25) is 0 Å². The van der Waals surface area contributed by atoms with Gasteiger partial charge in [-0.2, -0.15) is 0 Å². The predicted octanol–water partition coefficient (Wildman–Crippen LogP) is 3.54. The van der Waals surface area contributed by atoms with Gasteiger partial charge in [-0.3, -0.25) is 4.79 Å². The lowest BCUT2D eigenvalue weighted by Gasteiger charge is -2.21. The zero-order valence-corrected chi connectivity index (χ0v) is 13.0. The second-order valence-electron chi connectivity index (χ2n) is 6.49. The van der Waals surface area contributed by atoms with Crippen LogP contribution >= 0.6 is 0 Å². The number of benzene rings is 1. The number of nitrogens with one attached hydrogen (secondary N) is 2. The van der Waals surface area contributed by atoms with Crippen LogP contribution in [0, 0.1) is 0 Å². The number of fused-ring (bicyclic) bond motifs is 1. The van der Waals surface area contributed by atoms with Gasteiger partial charge in [0.05, 0.1) is 6.04 Å². The Labute approximate surface area is 127 Å². The molecule has 1 atom stereocenters. The van der Waals surface area contributed by atoms with Gasteiger partial charge in [0.2, 0.25) is 0 Å². The van der Waals surface area contributed by atoms with Gasteiger partial charge in [0.25, 0.3) is 0 Å². The number of carbonyl (C=O) groups is 1. The van der Waals surface area contributed by atoms with Gasteiger partial charge in [-0.1, -0.05) is 25.7 Å². The minimum atomic E-state index is -0.0829. The van der Waals surface area contributed by atoms with Crippen molar-refractivity contribution < 1.29 is 4.79 Å². The lowest BCUT2D eigenvalue weighted by molar-refractivity contribution is 0.0942. The molecular formula is C18H26N2O. The van der Waals surface area contributed by atoms with Crippen molar-refractivity contribution in [3.8, 4) is 0 Å². The largest absolute Gasteiger partial charge is 0.384 e. The highest BCUT2D eigenvalue weighted by molar-refractivity contribution is 6.00. The number of hydrogen-bond donors (Lipinski definition) is 2. The maximum absolute atomic E-state index is 12.6. The lowest BCUT2D eigenvalue weighted by Crippen LogP contribution is -2.41. The molecule has 0 bridgehead atoms. The summed E-state index contributed by atoms with van der Waals surface area (Å²) in [6, 6.07) is 6.52. The normalized spacial score (nSPS) is 20.4. The molecule has 1 heterocycles. The molecule has 1 saturated carbocycles. The quantitative estimate of drug-likeness (QED) is 0.657. The minimum absolute atomic E-state index is 0.0829. The predicted molar refractivity (Wildman–Crippen MR) is 87.1 cm³/mol. The summed E-state index contributed by atoms with van der Waals surface area (Å²) in [7, 11) is 0. The molecule has 21 heavy (non-hydrogen) atoms. The Hall–Kier alpha value is -1.35. The van der Waals surface area contributed by atoms with Crippen molar-refractivity contribution in [3.05, 3.63) is 29.3 Å². The molecule has 0 radical (unpaired) electrons. The number of anilines is 1. The third kappa shape index (κ3) is 3.46. The summed E-state index contributed by atoms with van der Waals surface area (Å²) in [6.07, 6.45) is 8.74. The highest BCUT2D eigenvalue weighted by Crippen LogP contribution is 2.24. The average Bonchev–Trinajstić information content (AvgIpc) is 2.82. The second-order valence-corrected chi connectivity index (χ2v) is 6.49. The van der Waals surface area contributed by atoms with Gasteiger partial charge in [0, 0.05) is 23.8 Å². The Kier molecular flexibility index (Phi) is 4.59. The van der Waals surface area contributed by atoms with Crippen LogP contribution < -0.4 is 10.6 Å². The van der Waals surface area contributed by atoms with Gasteiger partial charge in [-0.05, 0) is 49.9 Å². The molecule has 1 aromatic rings. The van der Waals surface area contributed by atoms with Crippen LogP contribution in [0.1, 0.15) is 61.4 Å². The molecule has 3 nitrogen and oxygen atoms in total. The van der Waals surface area contributed by atoms with Crippen molar-refractivity contribution in [1.82, 2.24) is 5.32 Å². The smallest absolute Gasteiger partial charge is 0.179 e. The van der Waals surface area contributed by atoms with E-state index in [2.05, 4.69) is 16.7 Å². The van der Waals surface area contributed by atoms with Gasteiger partial charge >= 0.3 is 0 Å². The Bertz CT molecular complexity index is 504. The SMILES string of the molecule is CC(NC1CCCCCC1)C(=O)c1ccc2c(c1)CCN2. The van der Waals surface area contributed by atoms with E-state index in [9.17, 15) is 4.79 Å². The lowest BCUT2D eigenvalue weighted by atomic mass is 10.00. The Morgan fingerprint density at radius 2 is 2.00 bits per heavy atom. The first-order valence-electron chi connectivity index (χ1n) is 8.41. The Balaban J connectivity index is 1.63. The van der Waals surface area contributed by atoms with Gasteiger partial charge in [0.15, 0.2) is 5.78 Å². The second kappa shape index (κ2) is 6.61. The van der Waals surface area contributed by atoms with E-state index in [-0.39, 0.29) is 11.8 Å². The van der Waals surface area contributed by atoms with Crippen LogP contribution in [0.5, 0.6) is 0 Å². The molecule has 1 aliphatic carbocycles. The number of rotatable bonds is 4. The molecule has 1 unspecified atom stereocenters. The molecule has 2 aliphatic rings. The van der Waals surface area contributed by atoms with E-state index in [1.807, 2.05) is 19.1 Å². The first-order valence-corrected chi connectivity index (χ1v) is 8.41.